The van der Waals surface area contributed by atoms with Gasteiger partial charge in [-0.2, -0.15) is 0 Å². The molecule has 0 aliphatic carbocycles. The van der Waals surface area contributed by atoms with Gasteiger partial charge >= 0.3 is 0 Å². The molecule has 3 heterocycles. The van der Waals surface area contributed by atoms with Crippen LogP contribution in [0.25, 0.3) is 87.1 Å². The number of rotatable bonds is 4. The largest absolute Gasteiger partial charge is 0.456 e. The molecule has 206 valence electrons. The highest BCUT2D eigenvalue weighted by molar-refractivity contribution is 7.26. The van der Waals surface area contributed by atoms with Crippen molar-refractivity contribution in [1.29, 1.82) is 0 Å². The third-order valence-electron chi connectivity index (χ3n) is 7.46. The van der Waals surface area contributed by atoms with E-state index >= 15 is 0 Å². The number of thiophene rings is 1. The number of benzene rings is 6. The summed E-state index contributed by atoms with van der Waals surface area (Å²) in [6.07, 6.45) is 0. The van der Waals surface area contributed by atoms with E-state index in [9.17, 15) is 5.48 Å². The first-order valence-corrected chi connectivity index (χ1v) is 14.6. The van der Waals surface area contributed by atoms with Crippen molar-refractivity contribution >= 4 is 53.4 Å². The molecule has 0 atom stereocenters. The van der Waals surface area contributed by atoms with Gasteiger partial charge in [-0.05, 0) is 47.4 Å². The molecule has 0 fully saturated rings. The van der Waals surface area contributed by atoms with E-state index in [2.05, 4.69) is 18.2 Å². The Balaban J connectivity index is 1.33. The van der Waals surface area contributed by atoms with Crippen molar-refractivity contribution in [2.75, 3.05) is 0 Å². The van der Waals surface area contributed by atoms with Crippen molar-refractivity contribution in [3.05, 3.63) is 145 Å². The van der Waals surface area contributed by atoms with Crippen molar-refractivity contribution < 1.29 is 19.5 Å². The highest BCUT2D eigenvalue weighted by Crippen LogP contribution is 2.41. The number of hydrogen-bond donors (Lipinski definition) is 0. The summed E-state index contributed by atoms with van der Waals surface area (Å²) in [5.41, 5.74) is 1.08. The molecule has 0 bridgehead atoms. The fraction of sp³-hybridized carbons (Fsp3) is 0. The normalized spacial score (nSPS) is 15.1. The van der Waals surface area contributed by atoms with Gasteiger partial charge < -0.3 is 4.42 Å². The Morgan fingerprint density at radius 2 is 1.34 bits per heavy atom. The lowest BCUT2D eigenvalue weighted by molar-refractivity contribution is 0.669. The predicted octanol–water partition coefficient (Wildman–Crippen LogP) is 11.4. The summed E-state index contributed by atoms with van der Waals surface area (Å²) >= 11 is 1.62. The predicted molar refractivity (Wildman–Crippen MR) is 184 cm³/mol. The van der Waals surface area contributed by atoms with Crippen LogP contribution in [0, 0.1) is 0 Å². The lowest BCUT2D eigenvalue weighted by Crippen LogP contribution is -1.96. The Bertz CT molecular complexity index is 3100. The first kappa shape index (κ1) is 16.3. The van der Waals surface area contributed by atoms with Crippen LogP contribution in [-0.2, 0) is 0 Å². The third-order valence-corrected chi connectivity index (χ3v) is 8.68. The second kappa shape index (κ2) is 10.0. The Morgan fingerprint density at radius 3 is 2.25 bits per heavy atom. The van der Waals surface area contributed by atoms with E-state index in [-0.39, 0.29) is 39.4 Å². The molecule has 4 heteroatoms. The van der Waals surface area contributed by atoms with Crippen LogP contribution in [0.15, 0.2) is 150 Å². The van der Waals surface area contributed by atoms with Gasteiger partial charge in [0.15, 0.2) is 5.82 Å². The van der Waals surface area contributed by atoms with Crippen LogP contribution in [0.5, 0.6) is 0 Å². The molecule has 0 amide bonds. The van der Waals surface area contributed by atoms with Gasteiger partial charge in [0.25, 0.3) is 0 Å². The summed E-state index contributed by atoms with van der Waals surface area (Å²) in [6.45, 7) is 0. The second-order valence-electron chi connectivity index (χ2n) is 10.1. The van der Waals surface area contributed by atoms with Gasteiger partial charge in [-0.25, -0.2) is 9.97 Å². The highest BCUT2D eigenvalue weighted by Gasteiger charge is 2.16. The maximum atomic E-state index is 9.39. The summed E-state index contributed by atoms with van der Waals surface area (Å²) < 4.78 is 104. The van der Waals surface area contributed by atoms with Gasteiger partial charge in [0.2, 0.25) is 0 Å². The van der Waals surface area contributed by atoms with E-state index in [4.69, 9.17) is 24.0 Å². The molecular formula is C40H24N2OS. The van der Waals surface area contributed by atoms with E-state index in [1.807, 2.05) is 60.7 Å². The molecule has 9 rings (SSSR count). The zero-order valence-electron chi connectivity index (χ0n) is 33.7. The summed E-state index contributed by atoms with van der Waals surface area (Å²) in [4.78, 5) is 9.75. The zero-order chi connectivity index (χ0) is 38.6. The summed E-state index contributed by atoms with van der Waals surface area (Å²) in [7, 11) is 0. The average Bonchev–Trinajstić information content (AvgIpc) is 3.80. The summed E-state index contributed by atoms with van der Waals surface area (Å²) in [6, 6.07) is 19.0. The van der Waals surface area contributed by atoms with E-state index in [0.717, 1.165) is 31.3 Å². The molecule has 3 nitrogen and oxygen atoms in total. The molecule has 0 spiro atoms. The Labute approximate surface area is 273 Å². The van der Waals surface area contributed by atoms with Crippen LogP contribution >= 0.6 is 11.3 Å². The average molecular weight is 592 g/mol. The SMILES string of the molecule is [2H]c1c([2H])c([2H])c(-c2c([2H])c([2H])c3oc4c([2H])c(-c5nc(-c6ccccc6)cc(-c6cccc7c6sc6ccccc67)n5)c([2H])c([2H])c4c3c2[2H])c([2H])c1[2H]. The van der Waals surface area contributed by atoms with Crippen LogP contribution in [0.4, 0.5) is 0 Å². The highest BCUT2D eigenvalue weighted by atomic mass is 32.1. The minimum Gasteiger partial charge on any atom is -0.456 e. The van der Waals surface area contributed by atoms with Crippen LogP contribution in [0.1, 0.15) is 15.1 Å². The maximum Gasteiger partial charge on any atom is 0.160 e. The number of aromatic nitrogens is 2. The summed E-state index contributed by atoms with van der Waals surface area (Å²) in [5, 5.41) is 1.81. The van der Waals surface area contributed by atoms with Crippen molar-refractivity contribution in [1.82, 2.24) is 9.97 Å². The Kier molecular flexibility index (Phi) is 3.71. The molecule has 6 aromatic carbocycles. The fourth-order valence-electron chi connectivity index (χ4n) is 5.41. The minimum atomic E-state index is -0.674. The van der Waals surface area contributed by atoms with E-state index in [1.165, 1.54) is 0 Å². The topological polar surface area (TPSA) is 38.9 Å². The molecule has 3 aromatic heterocycles. The van der Waals surface area contributed by atoms with E-state index in [1.54, 1.807) is 11.3 Å². The molecule has 0 aliphatic rings. The number of fused-ring (bicyclic) bond motifs is 6. The van der Waals surface area contributed by atoms with Crippen molar-refractivity contribution in [3.63, 3.8) is 0 Å². The van der Waals surface area contributed by atoms with E-state index in [0.29, 0.717) is 11.4 Å². The van der Waals surface area contributed by atoms with Crippen molar-refractivity contribution in [2.24, 2.45) is 0 Å². The van der Waals surface area contributed by atoms with Gasteiger partial charge in [-0.15, -0.1) is 11.3 Å². The molecule has 9 aromatic rings. The van der Waals surface area contributed by atoms with E-state index < -0.39 is 71.6 Å². The molecule has 0 saturated carbocycles. The van der Waals surface area contributed by atoms with Gasteiger partial charge in [-0.1, -0.05) is 109 Å². The molecule has 44 heavy (non-hydrogen) atoms. The number of nitrogens with zero attached hydrogens (tertiary/aromatic N) is 2. The lowest BCUT2D eigenvalue weighted by Gasteiger charge is -2.10. The molecule has 0 aliphatic heterocycles. The first-order chi connectivity index (χ1) is 26.4. The maximum absolute atomic E-state index is 9.39. The van der Waals surface area contributed by atoms with Crippen LogP contribution in [0.2, 0.25) is 0 Å². The van der Waals surface area contributed by atoms with Gasteiger partial charge in [-0.3, -0.25) is 0 Å². The van der Waals surface area contributed by atoms with Gasteiger partial charge in [0, 0.05) is 47.6 Å². The van der Waals surface area contributed by atoms with Crippen molar-refractivity contribution in [2.45, 2.75) is 0 Å². The van der Waals surface area contributed by atoms with Crippen LogP contribution < -0.4 is 0 Å². The standard InChI is InChI=1S/C40H24N2OS/c1-3-10-25(11-4-1)27-19-21-36-33(22-27)29-20-18-28(23-37(29)43-36)40-41-34(26-12-5-2-6-13-26)24-35(42-40)32-16-9-15-31-30-14-7-8-17-38(30)44-39(31)32/h1-24H/i1D,3D,4D,10D,11D,18D,19D,20D,21D,22D,23D. The molecule has 0 saturated heterocycles. The minimum absolute atomic E-state index is 0.0153. The smallest absolute Gasteiger partial charge is 0.160 e. The van der Waals surface area contributed by atoms with Crippen LogP contribution in [-0.4, -0.2) is 9.97 Å². The quantitative estimate of drug-likeness (QED) is 0.204. The third kappa shape index (κ3) is 4.11. The monoisotopic (exact) mass is 591 g/mol. The Morgan fingerprint density at radius 1 is 0.545 bits per heavy atom. The van der Waals surface area contributed by atoms with Gasteiger partial charge in [0.05, 0.1) is 26.5 Å². The number of furan rings is 1. The molecule has 0 N–H and O–H groups in total. The number of hydrogen-bond acceptors (Lipinski definition) is 4. The van der Waals surface area contributed by atoms with Crippen LogP contribution in [0.3, 0.4) is 0 Å². The van der Waals surface area contributed by atoms with Crippen molar-refractivity contribution in [3.8, 4) is 45.0 Å². The van der Waals surface area contributed by atoms with Gasteiger partial charge in [0.1, 0.15) is 11.2 Å². The molecule has 0 radical (unpaired) electrons. The summed E-state index contributed by atoms with van der Waals surface area (Å²) in [5.74, 6) is -0.0153. The molecular weight excluding hydrogens is 557 g/mol. The second-order valence-corrected chi connectivity index (χ2v) is 11.2. The zero-order valence-corrected chi connectivity index (χ0v) is 23.5. The Hall–Kier alpha value is -5.58. The fourth-order valence-corrected chi connectivity index (χ4v) is 6.63. The first-order valence-electron chi connectivity index (χ1n) is 19.3. The molecule has 0 unspecified atom stereocenters. The lowest BCUT2D eigenvalue weighted by atomic mass is 10.0.